The molecule has 1 unspecified atom stereocenters. The van der Waals surface area contributed by atoms with Crippen LogP contribution in [0.25, 0.3) is 0 Å². The van der Waals surface area contributed by atoms with Crippen LogP contribution in [-0.2, 0) is 14.4 Å². The zero-order chi connectivity index (χ0) is 18.9. The number of allylic oxidation sites excluding steroid dienone is 2. The van der Waals surface area contributed by atoms with Crippen molar-refractivity contribution in [2.45, 2.75) is 58.0 Å². The Bertz CT molecular complexity index is 711. The molecule has 0 saturated heterocycles. The van der Waals surface area contributed by atoms with Crippen molar-refractivity contribution in [1.82, 2.24) is 0 Å². The minimum absolute atomic E-state index is 0.0921. The Labute approximate surface area is 153 Å². The molecule has 0 aromatic heterocycles. The number of aliphatic hydroxyl groups excluding tert-OH is 1. The van der Waals surface area contributed by atoms with Crippen molar-refractivity contribution in [1.29, 1.82) is 0 Å². The lowest BCUT2D eigenvalue weighted by atomic mass is 9.45. The highest BCUT2D eigenvalue weighted by atomic mass is 16.3. The van der Waals surface area contributed by atoms with Gasteiger partial charge in [0.15, 0.2) is 11.6 Å². The van der Waals surface area contributed by atoms with E-state index in [2.05, 4.69) is 6.92 Å². The van der Waals surface area contributed by atoms with Crippen LogP contribution in [0.15, 0.2) is 12.2 Å². The highest BCUT2D eigenvalue weighted by molar-refractivity contribution is 5.94. The Morgan fingerprint density at radius 1 is 1.23 bits per heavy atom. The highest BCUT2D eigenvalue weighted by Gasteiger charge is 2.68. The second kappa shape index (κ2) is 5.59. The van der Waals surface area contributed by atoms with E-state index in [1.54, 1.807) is 6.08 Å². The first-order chi connectivity index (χ1) is 12.2. The zero-order valence-corrected chi connectivity index (χ0v) is 15.5. The van der Waals surface area contributed by atoms with Gasteiger partial charge in [0.1, 0.15) is 18.0 Å². The quantitative estimate of drug-likeness (QED) is 0.784. The molecule has 0 aliphatic heterocycles. The average molecular weight is 360 g/mol. The molecule has 26 heavy (non-hydrogen) atoms. The largest absolute Gasteiger partial charge is 0.388 e. The van der Waals surface area contributed by atoms with Crippen LogP contribution in [0.2, 0.25) is 0 Å². The maximum atomic E-state index is 13.3. The molecule has 0 aromatic rings. The van der Waals surface area contributed by atoms with Crippen LogP contribution in [0.1, 0.15) is 52.4 Å². The number of aliphatic hydroxyl groups is 2. The van der Waals surface area contributed by atoms with Crippen molar-refractivity contribution in [3.8, 4) is 0 Å². The number of Topliss-reactive ketones (excluding diaryl/α,β-unsaturated/α-hetero) is 2. The van der Waals surface area contributed by atoms with Gasteiger partial charge >= 0.3 is 0 Å². The molecule has 7 atom stereocenters. The molecular weight excluding hydrogens is 332 g/mol. The van der Waals surface area contributed by atoms with Gasteiger partial charge in [-0.15, -0.1) is 0 Å². The third-order valence-electron chi connectivity index (χ3n) is 8.49. The number of hydrogen-bond acceptors (Lipinski definition) is 5. The molecular formula is C21H28O5. The minimum Gasteiger partial charge on any atom is -0.388 e. The standard InChI is InChI=1S/C21H28O5/c1-19-7-5-13(23)9-12(19)3-4-14-15-6-8-21(26,17(25)11-22)20(15,2)10-16(24)18(14)19/h5,7,12,14-15,18,22,26H,3-4,6,8-11H2,1-2H3/t12?,14-,15-,18+,19-,20-,21-/m0/s1. The Hall–Kier alpha value is -1.33. The molecule has 3 fully saturated rings. The van der Waals surface area contributed by atoms with Crippen LogP contribution < -0.4 is 0 Å². The predicted molar refractivity (Wildman–Crippen MR) is 94.1 cm³/mol. The first-order valence-electron chi connectivity index (χ1n) is 9.79. The Kier molecular flexibility index (Phi) is 3.88. The molecule has 2 N–H and O–H groups in total. The third kappa shape index (κ3) is 2.07. The van der Waals surface area contributed by atoms with E-state index < -0.39 is 23.4 Å². The summed E-state index contributed by atoms with van der Waals surface area (Å²) in [5.41, 5.74) is -2.72. The van der Waals surface area contributed by atoms with E-state index in [4.69, 9.17) is 0 Å². The molecule has 4 rings (SSSR count). The monoisotopic (exact) mass is 360 g/mol. The highest BCUT2D eigenvalue weighted by Crippen LogP contribution is 2.66. The smallest absolute Gasteiger partial charge is 0.190 e. The average Bonchev–Trinajstić information content (AvgIpc) is 2.86. The summed E-state index contributed by atoms with van der Waals surface area (Å²) in [7, 11) is 0. The minimum atomic E-state index is -1.61. The molecule has 142 valence electrons. The van der Waals surface area contributed by atoms with Gasteiger partial charge in [-0.1, -0.05) is 19.9 Å². The van der Waals surface area contributed by atoms with Crippen LogP contribution in [0, 0.1) is 34.5 Å². The van der Waals surface area contributed by atoms with Crippen molar-refractivity contribution in [3.63, 3.8) is 0 Å². The molecule has 5 nitrogen and oxygen atoms in total. The first kappa shape index (κ1) is 18.1. The number of hydrogen-bond donors (Lipinski definition) is 2. The molecule has 0 heterocycles. The number of fused-ring (bicyclic) bond motifs is 5. The Morgan fingerprint density at radius 3 is 2.65 bits per heavy atom. The van der Waals surface area contributed by atoms with Crippen LogP contribution >= 0.6 is 0 Å². The second-order valence-corrected chi connectivity index (χ2v) is 9.43. The summed E-state index contributed by atoms with van der Waals surface area (Å²) in [6.45, 7) is 3.28. The first-order valence-corrected chi connectivity index (χ1v) is 9.79. The molecule has 3 saturated carbocycles. The molecule has 5 heteroatoms. The van der Waals surface area contributed by atoms with Gasteiger partial charge in [-0.25, -0.2) is 0 Å². The lowest BCUT2D eigenvalue weighted by Gasteiger charge is -2.58. The Morgan fingerprint density at radius 2 is 1.96 bits per heavy atom. The lowest BCUT2D eigenvalue weighted by molar-refractivity contribution is -0.173. The van der Waals surface area contributed by atoms with E-state index >= 15 is 0 Å². The zero-order valence-electron chi connectivity index (χ0n) is 15.5. The number of ketones is 3. The van der Waals surface area contributed by atoms with E-state index in [-0.39, 0.29) is 47.1 Å². The SMILES string of the molecule is C[C@]12C=CC(=O)CC1CC[C@@H]1[C@@H]2C(=O)C[C@@]2(C)[C@H]1CC[C@]2(O)C(=O)CO. The summed E-state index contributed by atoms with van der Waals surface area (Å²) in [6.07, 6.45) is 7.07. The van der Waals surface area contributed by atoms with Crippen molar-refractivity contribution in [2.75, 3.05) is 6.61 Å². The summed E-state index contributed by atoms with van der Waals surface area (Å²) >= 11 is 0. The predicted octanol–water partition coefficient (Wildman–Crippen LogP) is 1.85. The molecule has 0 aromatic carbocycles. The maximum Gasteiger partial charge on any atom is 0.190 e. The topological polar surface area (TPSA) is 91.7 Å². The van der Waals surface area contributed by atoms with Crippen LogP contribution in [0.3, 0.4) is 0 Å². The van der Waals surface area contributed by atoms with Crippen LogP contribution in [0.5, 0.6) is 0 Å². The fourth-order valence-electron chi connectivity index (χ4n) is 7.05. The summed E-state index contributed by atoms with van der Waals surface area (Å²) in [6, 6.07) is 0. The van der Waals surface area contributed by atoms with Gasteiger partial charge in [0.25, 0.3) is 0 Å². The maximum absolute atomic E-state index is 13.3. The molecule has 4 aliphatic rings. The van der Waals surface area contributed by atoms with E-state index in [9.17, 15) is 24.6 Å². The summed E-state index contributed by atoms with van der Waals surface area (Å²) < 4.78 is 0. The van der Waals surface area contributed by atoms with Crippen molar-refractivity contribution in [2.24, 2.45) is 34.5 Å². The van der Waals surface area contributed by atoms with E-state index in [0.29, 0.717) is 19.3 Å². The summed E-state index contributed by atoms with van der Waals surface area (Å²) in [5, 5.41) is 20.5. The normalized spacial score (nSPS) is 50.2. The fourth-order valence-corrected chi connectivity index (χ4v) is 7.05. The van der Waals surface area contributed by atoms with E-state index in [1.807, 2.05) is 13.0 Å². The molecule has 0 radical (unpaired) electrons. The molecule has 4 aliphatic carbocycles. The van der Waals surface area contributed by atoms with Gasteiger partial charge in [0.05, 0.1) is 0 Å². The van der Waals surface area contributed by atoms with Gasteiger partial charge < -0.3 is 10.2 Å². The van der Waals surface area contributed by atoms with Gasteiger partial charge in [-0.3, -0.25) is 14.4 Å². The summed E-state index contributed by atoms with van der Waals surface area (Å²) in [5.74, 6) is -0.0369. The summed E-state index contributed by atoms with van der Waals surface area (Å²) in [4.78, 5) is 37.5. The third-order valence-corrected chi connectivity index (χ3v) is 8.49. The second-order valence-electron chi connectivity index (χ2n) is 9.43. The van der Waals surface area contributed by atoms with Crippen LogP contribution in [0.4, 0.5) is 0 Å². The van der Waals surface area contributed by atoms with E-state index in [1.165, 1.54) is 0 Å². The van der Waals surface area contributed by atoms with Crippen molar-refractivity contribution in [3.05, 3.63) is 12.2 Å². The number of rotatable bonds is 2. The van der Waals surface area contributed by atoms with Gasteiger partial charge in [-0.05, 0) is 54.9 Å². The van der Waals surface area contributed by atoms with Crippen molar-refractivity contribution < 1.29 is 24.6 Å². The fraction of sp³-hybridized carbons (Fsp3) is 0.762. The Balaban J connectivity index is 1.74. The lowest BCUT2D eigenvalue weighted by Crippen LogP contribution is -2.61. The van der Waals surface area contributed by atoms with Gasteiger partial charge in [-0.2, -0.15) is 0 Å². The molecule has 0 amide bonds. The number of carbonyl (C=O) groups is 3. The molecule has 0 bridgehead atoms. The van der Waals surface area contributed by atoms with Crippen LogP contribution in [-0.4, -0.2) is 39.8 Å². The molecule has 0 spiro atoms. The van der Waals surface area contributed by atoms with Crippen molar-refractivity contribution >= 4 is 17.3 Å². The number of carbonyl (C=O) groups excluding carboxylic acids is 3. The van der Waals surface area contributed by atoms with Gasteiger partial charge in [0.2, 0.25) is 0 Å². The van der Waals surface area contributed by atoms with Gasteiger partial charge in [0, 0.05) is 24.2 Å². The van der Waals surface area contributed by atoms with E-state index in [0.717, 1.165) is 12.8 Å².